The van der Waals surface area contributed by atoms with Crippen LogP contribution < -0.4 is 0 Å². The molecule has 2 bridgehead atoms. The molecule has 3 aromatic carbocycles. The highest BCUT2D eigenvalue weighted by Gasteiger charge is 2.61. The molecule has 1 fully saturated rings. The van der Waals surface area contributed by atoms with E-state index in [1.54, 1.807) is 30.5 Å². The number of nitrogens with zero attached hydrogens (tertiary/aromatic N) is 2. The Bertz CT molecular complexity index is 1120. The summed E-state index contributed by atoms with van der Waals surface area (Å²) in [6.45, 7) is 0. The van der Waals surface area contributed by atoms with Crippen LogP contribution >= 0.6 is 11.6 Å². The molecule has 1 saturated heterocycles. The third kappa shape index (κ3) is 2.31. The van der Waals surface area contributed by atoms with E-state index in [1.807, 2.05) is 24.3 Å². The second kappa shape index (κ2) is 6.38. The van der Waals surface area contributed by atoms with Gasteiger partial charge in [0.15, 0.2) is 0 Å². The lowest BCUT2D eigenvalue weighted by molar-refractivity contribution is -0.139. The van der Waals surface area contributed by atoms with Crippen LogP contribution in [0.4, 0.5) is 0 Å². The van der Waals surface area contributed by atoms with Gasteiger partial charge in [0.2, 0.25) is 0 Å². The number of rotatable bonds is 2. The van der Waals surface area contributed by atoms with E-state index in [2.05, 4.69) is 29.4 Å². The molecule has 0 spiro atoms. The zero-order valence-electron chi connectivity index (χ0n) is 15.9. The topological polar surface area (TPSA) is 49.7 Å². The molecule has 2 atom stereocenters. The van der Waals surface area contributed by atoms with Crippen molar-refractivity contribution in [3.63, 3.8) is 0 Å². The molecule has 30 heavy (non-hydrogen) atoms. The van der Waals surface area contributed by atoms with Gasteiger partial charge >= 0.3 is 0 Å². The van der Waals surface area contributed by atoms with Crippen LogP contribution in [0.15, 0.2) is 77.9 Å². The third-order valence-electron chi connectivity index (χ3n) is 6.62. The zero-order valence-corrected chi connectivity index (χ0v) is 16.7. The van der Waals surface area contributed by atoms with E-state index in [9.17, 15) is 9.59 Å². The van der Waals surface area contributed by atoms with Crippen LogP contribution in [0.25, 0.3) is 0 Å². The van der Waals surface area contributed by atoms with Crippen molar-refractivity contribution >= 4 is 29.6 Å². The summed E-state index contributed by atoms with van der Waals surface area (Å²) in [6.07, 6.45) is 1.55. The van der Waals surface area contributed by atoms with E-state index in [4.69, 9.17) is 11.6 Å². The van der Waals surface area contributed by atoms with Crippen molar-refractivity contribution in [2.45, 2.75) is 11.8 Å². The number of carbonyl (C=O) groups is 2. The first-order chi connectivity index (χ1) is 14.6. The number of hydrogen-bond donors (Lipinski definition) is 0. The van der Waals surface area contributed by atoms with E-state index in [-0.39, 0.29) is 23.7 Å². The molecule has 4 nitrogen and oxygen atoms in total. The van der Waals surface area contributed by atoms with Crippen molar-refractivity contribution < 1.29 is 9.59 Å². The van der Waals surface area contributed by atoms with Crippen LogP contribution in [-0.4, -0.2) is 23.0 Å². The number of hydrogen-bond acceptors (Lipinski definition) is 3. The smallest absolute Gasteiger partial charge is 0.254 e. The summed E-state index contributed by atoms with van der Waals surface area (Å²) in [6, 6.07) is 23.5. The minimum Gasteiger partial charge on any atom is -0.272 e. The van der Waals surface area contributed by atoms with Gasteiger partial charge in [0.25, 0.3) is 11.8 Å². The Morgan fingerprint density at radius 1 is 0.700 bits per heavy atom. The molecule has 3 aromatic rings. The molecule has 7 rings (SSSR count). The van der Waals surface area contributed by atoms with Crippen LogP contribution in [0.2, 0.25) is 5.02 Å². The van der Waals surface area contributed by atoms with Gasteiger partial charge in [0.1, 0.15) is 0 Å². The maximum atomic E-state index is 13.4. The first-order valence-corrected chi connectivity index (χ1v) is 10.4. The molecule has 146 valence electrons. The second-order valence-electron chi connectivity index (χ2n) is 8.05. The zero-order chi connectivity index (χ0) is 20.4. The molecule has 5 heteroatoms. The van der Waals surface area contributed by atoms with E-state index < -0.39 is 11.8 Å². The van der Waals surface area contributed by atoms with E-state index in [0.29, 0.717) is 5.02 Å². The minimum absolute atomic E-state index is 0.111. The van der Waals surface area contributed by atoms with Crippen molar-refractivity contribution in [2.24, 2.45) is 16.9 Å². The normalized spacial score (nSPS) is 26.1. The highest BCUT2D eigenvalue weighted by atomic mass is 35.5. The van der Waals surface area contributed by atoms with Gasteiger partial charge in [-0.15, -0.1) is 0 Å². The number of amides is 2. The van der Waals surface area contributed by atoms with Crippen molar-refractivity contribution in [3.8, 4) is 0 Å². The summed E-state index contributed by atoms with van der Waals surface area (Å²) >= 11 is 5.93. The number of halogens is 1. The summed E-state index contributed by atoms with van der Waals surface area (Å²) in [4.78, 5) is 26.8. The van der Waals surface area contributed by atoms with Crippen molar-refractivity contribution in [3.05, 3.63) is 106 Å². The molecule has 2 amide bonds. The molecule has 0 N–H and O–H groups in total. The first-order valence-electron chi connectivity index (χ1n) is 10.00. The van der Waals surface area contributed by atoms with Crippen molar-refractivity contribution in [2.75, 3.05) is 0 Å². The Morgan fingerprint density at radius 3 is 1.57 bits per heavy atom. The summed E-state index contributed by atoms with van der Waals surface area (Å²) in [5, 5.41) is 6.01. The summed E-state index contributed by atoms with van der Waals surface area (Å²) in [5.74, 6) is -1.47. The Hall–Kier alpha value is -3.24. The molecule has 0 unspecified atom stereocenters. The van der Waals surface area contributed by atoms with Crippen LogP contribution in [0.3, 0.4) is 0 Å². The van der Waals surface area contributed by atoms with Gasteiger partial charge in [0.05, 0.1) is 18.1 Å². The van der Waals surface area contributed by atoms with Crippen molar-refractivity contribution in [1.82, 2.24) is 5.01 Å². The summed E-state index contributed by atoms with van der Waals surface area (Å²) in [7, 11) is 0. The molecule has 0 radical (unpaired) electrons. The number of hydrazone groups is 1. The van der Waals surface area contributed by atoms with Gasteiger partial charge in [-0.1, -0.05) is 72.3 Å². The molecule has 4 aliphatic rings. The van der Waals surface area contributed by atoms with Gasteiger partial charge in [-0.2, -0.15) is 10.1 Å². The van der Waals surface area contributed by atoms with Crippen LogP contribution in [0.5, 0.6) is 0 Å². The van der Waals surface area contributed by atoms with Gasteiger partial charge < -0.3 is 0 Å². The number of imide groups is 1. The van der Waals surface area contributed by atoms with Crippen LogP contribution in [-0.2, 0) is 9.59 Å². The van der Waals surface area contributed by atoms with Crippen LogP contribution in [0, 0.1) is 11.8 Å². The standard InChI is InChI=1S/C25H17ClN2O2/c26-15-11-9-14(10-12-15)13-27-28-24(29)22-20-16-5-1-2-6-17(16)21(23(22)25(28)30)19-8-4-3-7-18(19)20/h1-13,20-23H/b27-13-/t20?,21?,22-,23-/m0/s1. The molecule has 1 aliphatic heterocycles. The maximum absolute atomic E-state index is 13.4. The Kier molecular flexibility index (Phi) is 3.74. The SMILES string of the molecule is O=C1[C@H]2C3c4ccccc4C(c4ccccc43)[C@@H]2C(=O)N1/N=C\c1ccc(Cl)cc1. The number of benzene rings is 3. The van der Waals surface area contributed by atoms with Gasteiger partial charge in [-0.05, 0) is 39.9 Å². The molecular weight excluding hydrogens is 396 g/mol. The summed E-state index contributed by atoms with van der Waals surface area (Å²) < 4.78 is 0. The van der Waals surface area contributed by atoms with Gasteiger partial charge in [-0.3, -0.25) is 9.59 Å². The highest BCUT2D eigenvalue weighted by molar-refractivity contribution is 6.30. The monoisotopic (exact) mass is 412 g/mol. The Labute approximate surface area is 178 Å². The van der Waals surface area contributed by atoms with E-state index in [0.717, 1.165) is 32.8 Å². The Balaban J connectivity index is 1.45. The van der Waals surface area contributed by atoms with Crippen molar-refractivity contribution in [1.29, 1.82) is 0 Å². The predicted molar refractivity (Wildman–Crippen MR) is 114 cm³/mol. The fourth-order valence-corrected chi connectivity index (χ4v) is 5.57. The largest absolute Gasteiger partial charge is 0.272 e. The van der Waals surface area contributed by atoms with Gasteiger partial charge in [-0.25, -0.2) is 0 Å². The maximum Gasteiger partial charge on any atom is 0.254 e. The average molecular weight is 413 g/mol. The molecule has 3 aliphatic carbocycles. The third-order valence-corrected chi connectivity index (χ3v) is 6.87. The average Bonchev–Trinajstić information content (AvgIpc) is 3.04. The minimum atomic E-state index is -0.408. The Morgan fingerprint density at radius 2 is 1.13 bits per heavy atom. The lowest BCUT2D eigenvalue weighted by Crippen LogP contribution is -2.41. The predicted octanol–water partition coefficient (Wildman–Crippen LogP) is 4.57. The highest BCUT2D eigenvalue weighted by Crippen LogP contribution is 2.60. The molecular formula is C25H17ClN2O2. The fourth-order valence-electron chi connectivity index (χ4n) is 5.45. The molecule has 0 saturated carbocycles. The first kappa shape index (κ1) is 17.6. The second-order valence-corrected chi connectivity index (χ2v) is 8.49. The quantitative estimate of drug-likeness (QED) is 0.457. The molecule has 0 aromatic heterocycles. The lowest BCUT2D eigenvalue weighted by Gasteiger charge is -2.45. The lowest BCUT2D eigenvalue weighted by atomic mass is 9.55. The van der Waals surface area contributed by atoms with E-state index in [1.165, 1.54) is 0 Å². The van der Waals surface area contributed by atoms with Gasteiger partial charge in [0, 0.05) is 16.9 Å². The molecule has 1 heterocycles. The van der Waals surface area contributed by atoms with E-state index >= 15 is 0 Å². The summed E-state index contributed by atoms with van der Waals surface area (Å²) in [5.41, 5.74) is 5.42. The number of carbonyl (C=O) groups excluding carboxylic acids is 2. The fraction of sp³-hybridized carbons (Fsp3) is 0.160. The van der Waals surface area contributed by atoms with Crippen LogP contribution in [0.1, 0.15) is 39.7 Å².